The molecular weight excluding hydrogens is 455 g/mol. The maximum absolute atomic E-state index is 7.80. The lowest BCUT2D eigenvalue weighted by Crippen LogP contribution is -2.13. The van der Waals surface area contributed by atoms with Gasteiger partial charge in [0.1, 0.15) is 5.84 Å². The van der Waals surface area contributed by atoms with E-state index in [9.17, 15) is 0 Å². The monoisotopic (exact) mass is 478 g/mol. The quantitative estimate of drug-likeness (QED) is 0.279. The summed E-state index contributed by atoms with van der Waals surface area (Å²) in [6, 6.07) is 24.3. The predicted molar refractivity (Wildman–Crippen MR) is 140 cm³/mol. The van der Waals surface area contributed by atoms with Crippen LogP contribution < -0.4 is 11.5 Å². The largest absolute Gasteiger partial charge is 0.384 e. The van der Waals surface area contributed by atoms with E-state index in [0.29, 0.717) is 5.95 Å². The third-order valence-electron chi connectivity index (χ3n) is 5.62. The highest BCUT2D eigenvalue weighted by Gasteiger charge is 2.22. The van der Waals surface area contributed by atoms with E-state index in [4.69, 9.17) is 22.0 Å². The smallest absolute Gasteiger partial charge is 0.221 e. The molecule has 0 spiro atoms. The normalized spacial score (nSPS) is 13.2. The van der Waals surface area contributed by atoms with Crippen molar-refractivity contribution in [1.82, 2.24) is 9.66 Å². The summed E-state index contributed by atoms with van der Waals surface area (Å²) in [5.74, 6) is 0.423. The summed E-state index contributed by atoms with van der Waals surface area (Å²) in [7, 11) is 0. The third kappa shape index (κ3) is 4.62. The summed E-state index contributed by atoms with van der Waals surface area (Å²) >= 11 is 0. The van der Waals surface area contributed by atoms with Gasteiger partial charge in [0, 0.05) is 16.7 Å². The van der Waals surface area contributed by atoms with Crippen LogP contribution in [0.3, 0.4) is 0 Å². The molecule has 0 unspecified atom stereocenters. The van der Waals surface area contributed by atoms with E-state index in [-0.39, 0.29) is 30.6 Å². The molecule has 0 saturated heterocycles. The molecule has 168 valence electrons. The summed E-state index contributed by atoms with van der Waals surface area (Å²) in [5, 5.41) is 12.5. The Hall–Kier alpha value is -3.61. The summed E-state index contributed by atoms with van der Waals surface area (Å²) in [6.45, 7) is 0. The van der Waals surface area contributed by atoms with E-state index < -0.39 is 0 Å². The number of amidine groups is 1. The maximum Gasteiger partial charge on any atom is 0.221 e. The number of hydrogen-bond acceptors (Lipinski definition) is 4. The Morgan fingerprint density at radius 1 is 0.848 bits per heavy atom. The summed E-state index contributed by atoms with van der Waals surface area (Å²) in [4.78, 5) is 4.51. The number of fused-ring (bicyclic) bond motifs is 1. The molecule has 5 rings (SSSR count). The van der Waals surface area contributed by atoms with Crippen LogP contribution in [-0.2, 0) is 6.42 Å². The molecule has 5 N–H and O–H groups in total. The zero-order chi connectivity index (χ0) is 21.4. The molecule has 8 heteroatoms. The first-order valence-corrected chi connectivity index (χ1v) is 10.2. The highest BCUT2D eigenvalue weighted by Crippen LogP contribution is 2.28. The zero-order valence-electron chi connectivity index (χ0n) is 17.7. The summed E-state index contributed by atoms with van der Waals surface area (Å²) in [6.07, 6.45) is 3.44. The topological polar surface area (TPSA) is 106 Å². The van der Waals surface area contributed by atoms with Gasteiger partial charge in [-0.05, 0) is 29.5 Å². The van der Waals surface area contributed by atoms with Crippen LogP contribution in [0.1, 0.15) is 23.1 Å². The van der Waals surface area contributed by atoms with Gasteiger partial charge in [0.2, 0.25) is 5.95 Å². The molecule has 1 aromatic heterocycles. The van der Waals surface area contributed by atoms with E-state index in [2.05, 4.69) is 29.2 Å². The number of hydrogen-bond donors (Lipinski definition) is 3. The highest BCUT2D eigenvalue weighted by atomic mass is 35.5. The standard InChI is InChI=1S/C25H22N6.2ClH/c26-24(27)21-8-4-7-20-19(21)13-14-22(20)30-31-15-23(29-25(31)28)18-11-9-17(10-12-18)16-5-2-1-3-6-16;;/h1-12,15H,13-14H2,(H3,26,27)(H2,28,29);2*1H. The second-order valence-electron chi connectivity index (χ2n) is 7.56. The number of nitrogens with two attached hydrogens (primary N) is 2. The molecule has 0 radical (unpaired) electrons. The van der Waals surface area contributed by atoms with Crippen molar-refractivity contribution in [2.45, 2.75) is 12.8 Å². The van der Waals surface area contributed by atoms with Crippen molar-refractivity contribution in [2.24, 2.45) is 10.8 Å². The van der Waals surface area contributed by atoms with Gasteiger partial charge in [0.05, 0.1) is 17.6 Å². The lowest BCUT2D eigenvalue weighted by atomic mass is 10.0. The molecule has 0 atom stereocenters. The van der Waals surface area contributed by atoms with Crippen LogP contribution >= 0.6 is 24.8 Å². The van der Waals surface area contributed by atoms with Crippen LogP contribution in [-0.4, -0.2) is 21.2 Å². The second kappa shape index (κ2) is 9.90. The van der Waals surface area contributed by atoms with E-state index >= 15 is 0 Å². The molecule has 0 bridgehead atoms. The Morgan fingerprint density at radius 3 is 2.21 bits per heavy atom. The Morgan fingerprint density at radius 2 is 1.52 bits per heavy atom. The number of rotatable bonds is 4. The van der Waals surface area contributed by atoms with Gasteiger partial charge in [0.15, 0.2) is 0 Å². The van der Waals surface area contributed by atoms with Gasteiger partial charge in [-0.25, -0.2) is 9.66 Å². The first kappa shape index (κ1) is 24.0. The molecule has 1 aliphatic carbocycles. The first-order chi connectivity index (χ1) is 15.1. The minimum absolute atomic E-state index is 0. The minimum atomic E-state index is 0. The fourth-order valence-electron chi connectivity index (χ4n) is 4.06. The average molecular weight is 479 g/mol. The lowest BCUT2D eigenvalue weighted by Gasteiger charge is -2.06. The maximum atomic E-state index is 7.80. The molecule has 0 saturated carbocycles. The van der Waals surface area contributed by atoms with Gasteiger partial charge < -0.3 is 11.5 Å². The molecule has 3 aromatic carbocycles. The average Bonchev–Trinajstić information content (AvgIpc) is 3.38. The molecule has 0 amide bonds. The van der Waals surface area contributed by atoms with Gasteiger partial charge in [-0.1, -0.05) is 72.8 Å². The van der Waals surface area contributed by atoms with Crippen molar-refractivity contribution in [3.05, 3.63) is 95.7 Å². The molecule has 1 heterocycles. The van der Waals surface area contributed by atoms with E-state index in [0.717, 1.165) is 52.1 Å². The number of benzene rings is 3. The number of nitrogen functional groups attached to an aromatic ring is 2. The molecule has 4 aromatic rings. The van der Waals surface area contributed by atoms with Gasteiger partial charge in [-0.15, -0.1) is 24.8 Å². The first-order valence-electron chi connectivity index (χ1n) is 10.2. The molecule has 0 aliphatic heterocycles. The number of anilines is 1. The van der Waals surface area contributed by atoms with Gasteiger partial charge in [0.25, 0.3) is 0 Å². The number of nitrogens with one attached hydrogen (secondary N) is 1. The Balaban J connectivity index is 0.00000153. The molecule has 33 heavy (non-hydrogen) atoms. The van der Waals surface area contributed by atoms with Crippen molar-refractivity contribution < 1.29 is 0 Å². The van der Waals surface area contributed by atoms with Gasteiger partial charge in [-0.2, -0.15) is 5.10 Å². The van der Waals surface area contributed by atoms with Crippen LogP contribution in [0.15, 0.2) is 84.1 Å². The highest BCUT2D eigenvalue weighted by molar-refractivity contribution is 6.08. The Labute approximate surface area is 204 Å². The van der Waals surface area contributed by atoms with Crippen LogP contribution in [0.2, 0.25) is 0 Å². The predicted octanol–water partition coefficient (Wildman–Crippen LogP) is 5.13. The SMILES string of the molecule is Cl.Cl.N=C(N)c1cccc2c1CCC2=Nn1cc(-c2ccc(-c3ccccc3)cc2)nc1N. The van der Waals surface area contributed by atoms with E-state index in [1.54, 1.807) is 4.68 Å². The van der Waals surface area contributed by atoms with Crippen molar-refractivity contribution in [2.75, 3.05) is 5.73 Å². The number of halogens is 2. The van der Waals surface area contributed by atoms with Crippen LogP contribution in [0.25, 0.3) is 22.4 Å². The van der Waals surface area contributed by atoms with E-state index in [1.165, 1.54) is 5.56 Å². The van der Waals surface area contributed by atoms with Crippen LogP contribution in [0.5, 0.6) is 0 Å². The van der Waals surface area contributed by atoms with Gasteiger partial charge >= 0.3 is 0 Å². The Kier molecular flexibility index (Phi) is 7.21. The number of aromatic nitrogens is 2. The molecule has 1 aliphatic rings. The number of imidazole rings is 1. The zero-order valence-corrected chi connectivity index (χ0v) is 19.4. The minimum Gasteiger partial charge on any atom is -0.384 e. The Bertz CT molecular complexity index is 1310. The summed E-state index contributed by atoms with van der Waals surface area (Å²) < 4.78 is 1.63. The molecular formula is C25H24Cl2N6. The fraction of sp³-hybridized carbons (Fsp3) is 0.0800. The van der Waals surface area contributed by atoms with Crippen molar-refractivity contribution in [1.29, 1.82) is 5.41 Å². The van der Waals surface area contributed by atoms with Crippen LogP contribution in [0, 0.1) is 5.41 Å². The lowest BCUT2D eigenvalue weighted by molar-refractivity contribution is 0.883. The summed E-state index contributed by atoms with van der Waals surface area (Å²) in [5.41, 5.74) is 19.8. The molecule has 6 nitrogen and oxygen atoms in total. The third-order valence-corrected chi connectivity index (χ3v) is 5.62. The van der Waals surface area contributed by atoms with Crippen molar-refractivity contribution in [3.8, 4) is 22.4 Å². The number of nitrogens with zero attached hydrogens (tertiary/aromatic N) is 3. The molecule has 0 fully saturated rings. The van der Waals surface area contributed by atoms with Crippen LogP contribution in [0.4, 0.5) is 5.95 Å². The second-order valence-corrected chi connectivity index (χ2v) is 7.56. The van der Waals surface area contributed by atoms with E-state index in [1.807, 2.05) is 54.7 Å². The van der Waals surface area contributed by atoms with Gasteiger partial charge in [-0.3, -0.25) is 5.41 Å². The fourth-order valence-corrected chi connectivity index (χ4v) is 4.06. The van der Waals surface area contributed by atoms with Crippen molar-refractivity contribution >= 4 is 42.3 Å². The van der Waals surface area contributed by atoms with Crippen molar-refractivity contribution in [3.63, 3.8) is 0 Å².